The van der Waals surface area contributed by atoms with Crippen LogP contribution in [0.25, 0.3) is 11.4 Å². The molecule has 0 saturated heterocycles. The molecule has 2 aromatic heterocycles. The average molecular weight is 494 g/mol. The van der Waals surface area contributed by atoms with Crippen molar-refractivity contribution in [1.82, 2.24) is 19.9 Å². The van der Waals surface area contributed by atoms with Gasteiger partial charge in [-0.2, -0.15) is 13.2 Å². The topological polar surface area (TPSA) is 112 Å². The van der Waals surface area contributed by atoms with E-state index in [2.05, 4.69) is 25.6 Å². The number of hydrogen-bond acceptors (Lipinski definition) is 6. The van der Waals surface area contributed by atoms with Gasteiger partial charge in [0.1, 0.15) is 5.82 Å². The van der Waals surface area contributed by atoms with Gasteiger partial charge in [0.05, 0.1) is 35.9 Å². The van der Waals surface area contributed by atoms with E-state index in [4.69, 9.17) is 4.74 Å². The Morgan fingerprint density at radius 3 is 2.43 bits per heavy atom. The lowest BCUT2D eigenvalue weighted by molar-refractivity contribution is -0.138. The highest BCUT2D eigenvalue weighted by atomic mass is 19.4. The van der Waals surface area contributed by atoms with E-state index in [0.717, 1.165) is 6.07 Å². The predicted octanol–water partition coefficient (Wildman–Crippen LogP) is 4.09. The fourth-order valence-electron chi connectivity index (χ4n) is 3.13. The summed E-state index contributed by atoms with van der Waals surface area (Å²) >= 11 is 0. The van der Waals surface area contributed by atoms with Crippen LogP contribution in [0, 0.1) is 5.82 Å². The van der Waals surface area contributed by atoms with Gasteiger partial charge in [0.25, 0.3) is 5.56 Å². The molecule has 3 rings (SSSR count). The van der Waals surface area contributed by atoms with Gasteiger partial charge in [-0.25, -0.2) is 19.2 Å². The second-order valence-corrected chi connectivity index (χ2v) is 7.61. The first-order chi connectivity index (χ1) is 16.5. The first-order valence-corrected chi connectivity index (χ1v) is 10.3. The van der Waals surface area contributed by atoms with Gasteiger partial charge in [0.2, 0.25) is 0 Å². The monoisotopic (exact) mass is 494 g/mol. The summed E-state index contributed by atoms with van der Waals surface area (Å²) in [6.45, 7) is 1.88. The number of ether oxygens (including phenoxy) is 1. The molecule has 0 saturated carbocycles. The molecule has 1 aromatic carbocycles. The van der Waals surface area contributed by atoms with E-state index in [0.29, 0.717) is 11.6 Å². The number of aromatic nitrogens is 3. The molecule has 0 fully saturated rings. The van der Waals surface area contributed by atoms with Gasteiger partial charge in [-0.15, -0.1) is 0 Å². The van der Waals surface area contributed by atoms with Crippen LogP contribution < -0.4 is 20.9 Å². The Bertz CT molecular complexity index is 1260. The molecule has 35 heavy (non-hydrogen) atoms. The summed E-state index contributed by atoms with van der Waals surface area (Å²) in [5.41, 5.74) is -1.81. The van der Waals surface area contributed by atoms with Crippen molar-refractivity contribution in [3.63, 3.8) is 0 Å². The Hall–Kier alpha value is -4.00. The highest BCUT2D eigenvalue weighted by Gasteiger charge is 2.34. The number of pyridine rings is 1. The molecule has 0 aliphatic rings. The van der Waals surface area contributed by atoms with Crippen molar-refractivity contribution < 1.29 is 27.1 Å². The summed E-state index contributed by atoms with van der Waals surface area (Å²) < 4.78 is 60.0. The molecule has 0 atom stereocenters. The third-order valence-electron chi connectivity index (χ3n) is 4.57. The predicted molar refractivity (Wildman–Crippen MR) is 121 cm³/mol. The maximum atomic E-state index is 14.4. The van der Waals surface area contributed by atoms with Gasteiger partial charge in [0, 0.05) is 18.3 Å². The minimum absolute atomic E-state index is 0.0898. The molecule has 2 heterocycles. The number of anilines is 2. The minimum Gasteiger partial charge on any atom is -0.488 e. The first-order valence-electron chi connectivity index (χ1n) is 10.3. The molecule has 186 valence electrons. The molecule has 3 aromatic rings. The number of benzene rings is 1. The van der Waals surface area contributed by atoms with Crippen LogP contribution in [-0.4, -0.2) is 46.6 Å². The number of rotatable bonds is 7. The summed E-state index contributed by atoms with van der Waals surface area (Å²) in [6.07, 6.45) is -0.865. The van der Waals surface area contributed by atoms with Crippen molar-refractivity contribution >= 4 is 17.4 Å². The average Bonchev–Trinajstić information content (AvgIpc) is 2.76. The summed E-state index contributed by atoms with van der Waals surface area (Å²) in [5.74, 6) is -0.711. The summed E-state index contributed by atoms with van der Waals surface area (Å²) in [6, 6.07) is 1.77. The van der Waals surface area contributed by atoms with Crippen LogP contribution in [0.5, 0.6) is 5.75 Å². The maximum absolute atomic E-state index is 14.4. The van der Waals surface area contributed by atoms with E-state index in [-0.39, 0.29) is 36.0 Å². The number of urea groups is 1. The zero-order valence-electron chi connectivity index (χ0n) is 19.0. The van der Waals surface area contributed by atoms with Gasteiger partial charge in [-0.1, -0.05) is 0 Å². The number of hydrogen-bond donors (Lipinski definition) is 3. The number of alkyl halides is 3. The van der Waals surface area contributed by atoms with Crippen molar-refractivity contribution in [2.45, 2.75) is 19.6 Å². The lowest BCUT2D eigenvalue weighted by Gasteiger charge is -2.18. The zero-order valence-corrected chi connectivity index (χ0v) is 19.0. The Morgan fingerprint density at radius 2 is 1.83 bits per heavy atom. The summed E-state index contributed by atoms with van der Waals surface area (Å²) in [7, 11) is 3.11. The van der Waals surface area contributed by atoms with Crippen molar-refractivity contribution in [2.24, 2.45) is 0 Å². The number of carbonyl (C=O) groups is 1. The molecule has 3 N–H and O–H groups in total. The molecule has 13 heteroatoms. The van der Waals surface area contributed by atoms with E-state index >= 15 is 0 Å². The van der Waals surface area contributed by atoms with Gasteiger partial charge in [0.15, 0.2) is 11.6 Å². The number of aromatic amines is 1. The largest absolute Gasteiger partial charge is 0.488 e. The fraction of sp³-hybridized carbons (Fsp3) is 0.273. The molecule has 0 aliphatic carbocycles. The zero-order chi connectivity index (χ0) is 25.8. The smallest absolute Gasteiger partial charge is 0.416 e. The van der Waals surface area contributed by atoms with E-state index in [1.807, 2.05) is 0 Å². The highest BCUT2D eigenvalue weighted by molar-refractivity contribution is 5.99. The van der Waals surface area contributed by atoms with Crippen LogP contribution in [0.2, 0.25) is 0 Å². The van der Waals surface area contributed by atoms with Crippen LogP contribution in [0.4, 0.5) is 33.7 Å². The molecule has 0 bridgehead atoms. The Labute approximate surface area is 197 Å². The lowest BCUT2D eigenvalue weighted by atomic mass is 10.0. The second kappa shape index (κ2) is 10.5. The number of nitrogens with one attached hydrogen (secondary N) is 3. The second-order valence-electron chi connectivity index (χ2n) is 7.61. The maximum Gasteiger partial charge on any atom is 0.416 e. The Morgan fingerprint density at radius 1 is 1.14 bits per heavy atom. The van der Waals surface area contributed by atoms with Gasteiger partial charge in [-0.05, 0) is 44.8 Å². The van der Waals surface area contributed by atoms with E-state index in [9.17, 15) is 27.2 Å². The molecule has 0 unspecified atom stereocenters. The fourth-order valence-corrected chi connectivity index (χ4v) is 3.13. The SMILES string of the molecule is CCOc1cc(-c2ncc(NC(=O)Nc3cc(C(F)(F)F)c(CN(C)C)cc3F)cn2)c[nH]c1=O. The quantitative estimate of drug-likeness (QED) is 0.427. The van der Waals surface area contributed by atoms with E-state index < -0.39 is 34.8 Å². The van der Waals surface area contributed by atoms with E-state index in [1.165, 1.54) is 29.6 Å². The van der Waals surface area contributed by atoms with Crippen LogP contribution >= 0.6 is 0 Å². The van der Waals surface area contributed by atoms with Crippen LogP contribution in [-0.2, 0) is 12.7 Å². The number of amides is 2. The third kappa shape index (κ3) is 6.53. The van der Waals surface area contributed by atoms with Crippen molar-refractivity contribution in [3.05, 3.63) is 64.1 Å². The molecule has 9 nitrogen and oxygen atoms in total. The summed E-state index contributed by atoms with van der Waals surface area (Å²) in [4.78, 5) is 36.1. The first kappa shape index (κ1) is 25.6. The number of carbonyl (C=O) groups excluding carboxylic acids is 1. The van der Waals surface area contributed by atoms with Crippen LogP contribution in [0.15, 0.2) is 41.6 Å². The number of halogens is 4. The molecular formula is C22H22F4N6O3. The minimum atomic E-state index is -4.74. The molecule has 0 spiro atoms. The summed E-state index contributed by atoms with van der Waals surface area (Å²) in [5, 5.41) is 4.40. The Balaban J connectivity index is 1.75. The highest BCUT2D eigenvalue weighted by Crippen LogP contribution is 2.35. The normalized spacial score (nSPS) is 11.4. The number of nitrogens with zero attached hydrogens (tertiary/aromatic N) is 3. The third-order valence-corrected chi connectivity index (χ3v) is 4.57. The lowest BCUT2D eigenvalue weighted by Crippen LogP contribution is -2.22. The van der Waals surface area contributed by atoms with Crippen molar-refractivity contribution in [3.8, 4) is 17.1 Å². The van der Waals surface area contributed by atoms with Crippen LogP contribution in [0.1, 0.15) is 18.1 Å². The van der Waals surface area contributed by atoms with Gasteiger partial charge >= 0.3 is 12.2 Å². The molecule has 0 radical (unpaired) electrons. The standard InChI is InChI=1S/C22H22F4N6O3/c1-4-35-18-6-12(8-29-20(18)33)19-27-9-14(10-28-19)30-21(34)31-17-7-15(22(24,25)26)13(5-16(17)23)11-32(2)3/h5-10H,4,11H2,1-3H3,(H,29,33)(H2,30,31,34). The van der Waals surface area contributed by atoms with Crippen molar-refractivity contribution in [1.29, 1.82) is 0 Å². The van der Waals surface area contributed by atoms with Crippen molar-refractivity contribution in [2.75, 3.05) is 31.3 Å². The van der Waals surface area contributed by atoms with E-state index in [1.54, 1.807) is 21.0 Å². The van der Waals surface area contributed by atoms with Gasteiger partial charge < -0.3 is 25.3 Å². The Kier molecular flexibility index (Phi) is 7.69. The number of H-pyrrole nitrogens is 1. The molecular weight excluding hydrogens is 472 g/mol. The van der Waals surface area contributed by atoms with Crippen LogP contribution in [0.3, 0.4) is 0 Å². The molecule has 0 aliphatic heterocycles. The molecule has 2 amide bonds. The van der Waals surface area contributed by atoms with Gasteiger partial charge in [-0.3, -0.25) is 4.79 Å².